The van der Waals surface area contributed by atoms with Crippen LogP contribution in [0.15, 0.2) is 66.3 Å². The minimum atomic E-state index is -0.818. The summed E-state index contributed by atoms with van der Waals surface area (Å²) in [5.41, 5.74) is 1.14. The molecular weight excluding hydrogens is 394 g/mol. The molecule has 0 fully saturated rings. The van der Waals surface area contributed by atoms with Crippen LogP contribution in [0, 0.1) is 11.6 Å². The zero-order valence-electron chi connectivity index (χ0n) is 15.6. The Morgan fingerprint density at radius 2 is 1.93 bits per heavy atom. The number of carbonyl (C=O) groups excluding carboxylic acids is 1. The number of hydrogen-bond acceptors (Lipinski definition) is 4. The molecule has 2 aromatic carbocycles. The summed E-state index contributed by atoms with van der Waals surface area (Å²) in [6.45, 7) is 4.29. The van der Waals surface area contributed by atoms with Crippen molar-refractivity contribution in [3.8, 4) is 0 Å². The van der Waals surface area contributed by atoms with Crippen LogP contribution in [0.2, 0.25) is 0 Å². The van der Waals surface area contributed by atoms with Gasteiger partial charge in [-0.15, -0.1) is 16.8 Å². The number of rotatable bonds is 9. The first kappa shape index (κ1) is 20.7. The van der Waals surface area contributed by atoms with Gasteiger partial charge in [0.05, 0.1) is 11.4 Å². The number of nitrogens with one attached hydrogen (secondary N) is 1. The van der Waals surface area contributed by atoms with Crippen molar-refractivity contribution in [3.05, 3.63) is 84.2 Å². The van der Waals surface area contributed by atoms with Crippen LogP contribution >= 0.6 is 11.8 Å². The quantitative estimate of drug-likeness (QED) is 0.420. The number of amides is 1. The second-order valence-electron chi connectivity index (χ2n) is 6.24. The molecule has 0 saturated carbocycles. The highest BCUT2D eigenvalue weighted by atomic mass is 32.2. The fourth-order valence-corrected chi connectivity index (χ4v) is 3.50. The summed E-state index contributed by atoms with van der Waals surface area (Å²) < 4.78 is 28.5. The Morgan fingerprint density at radius 3 is 2.66 bits per heavy atom. The smallest absolute Gasteiger partial charge is 0.234 e. The first-order chi connectivity index (χ1) is 14.1. The first-order valence-electron chi connectivity index (χ1n) is 9.01. The standard InChI is InChI=1S/C21H20F2N4OS/c1-2-12-27-19(11-8-15-6-4-3-5-7-15)25-26-21(27)29-14-20(28)24-18-10-9-16(22)13-17(18)23/h2-7,9-10,13H,1,8,11-12,14H2,(H,24,28). The third-order valence-electron chi connectivity index (χ3n) is 4.12. The van der Waals surface area contributed by atoms with Crippen LogP contribution in [-0.2, 0) is 24.2 Å². The molecule has 1 amide bonds. The predicted octanol–water partition coefficient (Wildman–Crippen LogP) is 4.26. The van der Waals surface area contributed by atoms with E-state index in [-0.39, 0.29) is 11.4 Å². The zero-order chi connectivity index (χ0) is 20.6. The van der Waals surface area contributed by atoms with Gasteiger partial charge in [-0.05, 0) is 24.1 Å². The van der Waals surface area contributed by atoms with Crippen LogP contribution in [-0.4, -0.2) is 26.4 Å². The number of aryl methyl sites for hydroxylation is 2. The molecule has 150 valence electrons. The first-order valence-corrected chi connectivity index (χ1v) is 10.00. The number of hydrogen-bond donors (Lipinski definition) is 1. The molecule has 1 heterocycles. The number of nitrogens with zero attached hydrogens (tertiary/aromatic N) is 3. The highest BCUT2D eigenvalue weighted by Crippen LogP contribution is 2.20. The third kappa shape index (κ3) is 5.74. The highest BCUT2D eigenvalue weighted by molar-refractivity contribution is 7.99. The number of carbonyl (C=O) groups is 1. The molecular formula is C21H20F2N4OS. The largest absolute Gasteiger partial charge is 0.323 e. The van der Waals surface area contributed by atoms with Gasteiger partial charge >= 0.3 is 0 Å². The van der Waals surface area contributed by atoms with Crippen molar-refractivity contribution in [1.82, 2.24) is 14.8 Å². The highest BCUT2D eigenvalue weighted by Gasteiger charge is 2.14. The van der Waals surface area contributed by atoms with Gasteiger partial charge in [0.1, 0.15) is 17.5 Å². The lowest BCUT2D eigenvalue weighted by Gasteiger charge is -2.09. The van der Waals surface area contributed by atoms with Crippen molar-refractivity contribution in [1.29, 1.82) is 0 Å². The number of benzene rings is 2. The molecule has 0 atom stereocenters. The van der Waals surface area contributed by atoms with Crippen molar-refractivity contribution >= 4 is 23.4 Å². The summed E-state index contributed by atoms with van der Waals surface area (Å²) in [4.78, 5) is 12.1. The minimum Gasteiger partial charge on any atom is -0.323 e. The minimum absolute atomic E-state index is 0.0186. The van der Waals surface area contributed by atoms with Crippen molar-refractivity contribution < 1.29 is 13.6 Å². The molecule has 0 spiro atoms. The molecule has 29 heavy (non-hydrogen) atoms. The van der Waals surface area contributed by atoms with Gasteiger partial charge in [-0.25, -0.2) is 8.78 Å². The molecule has 1 aromatic heterocycles. The zero-order valence-corrected chi connectivity index (χ0v) is 16.5. The summed E-state index contributed by atoms with van der Waals surface area (Å²) in [6, 6.07) is 13.1. The Kier molecular flexibility index (Phi) is 7.13. The van der Waals surface area contributed by atoms with Crippen LogP contribution in [0.5, 0.6) is 0 Å². The summed E-state index contributed by atoms with van der Waals surface area (Å²) in [7, 11) is 0. The van der Waals surface area contributed by atoms with Gasteiger partial charge in [0, 0.05) is 19.0 Å². The third-order valence-corrected chi connectivity index (χ3v) is 5.09. The van der Waals surface area contributed by atoms with Gasteiger partial charge in [0.2, 0.25) is 5.91 Å². The van der Waals surface area contributed by atoms with E-state index in [1.165, 1.54) is 23.4 Å². The lowest BCUT2D eigenvalue weighted by Crippen LogP contribution is -2.16. The number of anilines is 1. The van der Waals surface area contributed by atoms with E-state index in [1.807, 2.05) is 22.8 Å². The van der Waals surface area contributed by atoms with E-state index in [0.29, 0.717) is 18.1 Å². The number of thioether (sulfide) groups is 1. The van der Waals surface area contributed by atoms with Crippen molar-refractivity contribution in [3.63, 3.8) is 0 Å². The normalized spacial score (nSPS) is 10.7. The maximum Gasteiger partial charge on any atom is 0.234 e. The molecule has 5 nitrogen and oxygen atoms in total. The van der Waals surface area contributed by atoms with Crippen molar-refractivity contribution in [2.45, 2.75) is 24.5 Å². The molecule has 0 aliphatic heterocycles. The van der Waals surface area contributed by atoms with E-state index in [4.69, 9.17) is 0 Å². The molecule has 0 bridgehead atoms. The molecule has 0 saturated heterocycles. The van der Waals surface area contributed by atoms with Crippen LogP contribution in [0.25, 0.3) is 0 Å². The number of halogens is 2. The van der Waals surface area contributed by atoms with Gasteiger partial charge in [0.15, 0.2) is 5.16 Å². The van der Waals surface area contributed by atoms with Gasteiger partial charge < -0.3 is 9.88 Å². The van der Waals surface area contributed by atoms with Gasteiger partial charge in [-0.2, -0.15) is 0 Å². The Hall–Kier alpha value is -3.00. The molecule has 8 heteroatoms. The number of allylic oxidation sites excluding steroid dienone is 1. The van der Waals surface area contributed by atoms with Gasteiger partial charge in [-0.3, -0.25) is 4.79 Å². The second-order valence-corrected chi connectivity index (χ2v) is 7.19. The monoisotopic (exact) mass is 414 g/mol. The molecule has 3 rings (SSSR count). The van der Waals surface area contributed by atoms with Crippen LogP contribution in [0.3, 0.4) is 0 Å². The molecule has 0 aliphatic rings. The fourth-order valence-electron chi connectivity index (χ4n) is 2.73. The molecule has 1 N–H and O–H groups in total. The Bertz CT molecular complexity index is 992. The second kappa shape index (κ2) is 9.97. The van der Waals surface area contributed by atoms with E-state index in [2.05, 4.69) is 34.2 Å². The Labute approximate surface area is 171 Å². The molecule has 0 aliphatic carbocycles. The van der Waals surface area contributed by atoms with Crippen LogP contribution < -0.4 is 5.32 Å². The maximum absolute atomic E-state index is 13.7. The predicted molar refractivity (Wildman–Crippen MR) is 110 cm³/mol. The molecule has 0 unspecified atom stereocenters. The SMILES string of the molecule is C=CCn1c(CCc2ccccc2)nnc1SCC(=O)Nc1ccc(F)cc1F. The van der Waals surface area contributed by atoms with E-state index in [9.17, 15) is 13.6 Å². The van der Waals surface area contributed by atoms with E-state index >= 15 is 0 Å². The van der Waals surface area contributed by atoms with E-state index in [0.717, 1.165) is 24.4 Å². The average molecular weight is 414 g/mol. The summed E-state index contributed by atoms with van der Waals surface area (Å²) in [5.74, 6) is -1.11. The Morgan fingerprint density at radius 1 is 1.14 bits per heavy atom. The van der Waals surface area contributed by atoms with Crippen LogP contribution in [0.1, 0.15) is 11.4 Å². The van der Waals surface area contributed by atoms with E-state index < -0.39 is 17.5 Å². The lowest BCUT2D eigenvalue weighted by molar-refractivity contribution is -0.113. The number of aromatic nitrogens is 3. The van der Waals surface area contributed by atoms with Gasteiger partial charge in [0.25, 0.3) is 0 Å². The molecule has 0 radical (unpaired) electrons. The lowest BCUT2D eigenvalue weighted by atomic mass is 10.1. The fraction of sp³-hybridized carbons (Fsp3) is 0.190. The average Bonchev–Trinajstić information content (AvgIpc) is 3.10. The molecule has 3 aromatic rings. The maximum atomic E-state index is 13.7. The van der Waals surface area contributed by atoms with Crippen LogP contribution in [0.4, 0.5) is 14.5 Å². The summed E-state index contributed by atoms with van der Waals surface area (Å²) >= 11 is 1.20. The Balaban J connectivity index is 1.61. The van der Waals surface area contributed by atoms with Gasteiger partial charge in [-0.1, -0.05) is 48.2 Å². The topological polar surface area (TPSA) is 59.8 Å². The van der Waals surface area contributed by atoms with E-state index in [1.54, 1.807) is 6.08 Å². The summed E-state index contributed by atoms with van der Waals surface area (Å²) in [5, 5.41) is 11.4. The van der Waals surface area contributed by atoms with Crippen molar-refractivity contribution in [2.24, 2.45) is 0 Å². The summed E-state index contributed by atoms with van der Waals surface area (Å²) in [6.07, 6.45) is 3.27. The van der Waals surface area contributed by atoms with Crippen molar-refractivity contribution in [2.75, 3.05) is 11.1 Å².